The molecule has 1 unspecified atom stereocenters. The molecular weight excluding hydrogens is 274 g/mol. The molecule has 0 bridgehead atoms. The number of piperidine rings is 1. The van der Waals surface area contributed by atoms with Gasteiger partial charge >= 0.3 is 0 Å². The van der Waals surface area contributed by atoms with Crippen molar-refractivity contribution in [3.05, 3.63) is 33.9 Å². The lowest BCUT2D eigenvalue weighted by Crippen LogP contribution is -2.44. The zero-order chi connectivity index (χ0) is 15.4. The Labute approximate surface area is 122 Å². The molecule has 7 heteroatoms. The maximum absolute atomic E-state index is 12.5. The van der Waals surface area contributed by atoms with Gasteiger partial charge in [-0.1, -0.05) is 0 Å². The summed E-state index contributed by atoms with van der Waals surface area (Å²) in [6.07, 6.45) is 3.38. The van der Waals surface area contributed by atoms with Crippen molar-refractivity contribution in [1.82, 2.24) is 4.90 Å². The first kappa shape index (κ1) is 15.2. The predicted molar refractivity (Wildman–Crippen MR) is 77.9 cm³/mol. The number of nitrogens with zero attached hydrogens (tertiary/aromatic N) is 2. The number of nitro benzene ring substituents is 1. The normalized spacial score (nSPS) is 18.5. The van der Waals surface area contributed by atoms with Crippen molar-refractivity contribution in [3.8, 4) is 0 Å². The number of aliphatic hydroxyl groups excluding tert-OH is 1. The summed E-state index contributed by atoms with van der Waals surface area (Å²) in [6, 6.07) is 4.06. The highest BCUT2D eigenvalue weighted by Gasteiger charge is 2.27. The van der Waals surface area contributed by atoms with Gasteiger partial charge in [-0.05, 0) is 37.8 Å². The van der Waals surface area contributed by atoms with Gasteiger partial charge < -0.3 is 15.7 Å². The molecule has 0 saturated carbocycles. The maximum Gasteiger partial charge on any atom is 0.292 e. The lowest BCUT2D eigenvalue weighted by Gasteiger charge is -2.35. The van der Waals surface area contributed by atoms with Crippen molar-refractivity contribution in [3.63, 3.8) is 0 Å². The summed E-state index contributed by atoms with van der Waals surface area (Å²) >= 11 is 0. The van der Waals surface area contributed by atoms with E-state index in [0.717, 1.165) is 19.3 Å². The molecular formula is C14H19N3O4. The van der Waals surface area contributed by atoms with Crippen molar-refractivity contribution in [2.75, 3.05) is 18.9 Å². The van der Waals surface area contributed by atoms with E-state index in [4.69, 9.17) is 10.8 Å². The Bertz CT molecular complexity index is 545. The molecule has 0 spiro atoms. The van der Waals surface area contributed by atoms with Crippen molar-refractivity contribution in [1.29, 1.82) is 0 Å². The van der Waals surface area contributed by atoms with E-state index < -0.39 is 4.92 Å². The minimum atomic E-state index is -0.570. The Balaban J connectivity index is 2.22. The fourth-order valence-electron chi connectivity index (χ4n) is 2.74. The van der Waals surface area contributed by atoms with E-state index in [0.29, 0.717) is 18.5 Å². The first-order valence-corrected chi connectivity index (χ1v) is 7.00. The number of likely N-dealkylation sites (tertiary alicyclic amines) is 1. The minimum absolute atomic E-state index is 0.0124. The highest BCUT2D eigenvalue weighted by Crippen LogP contribution is 2.26. The van der Waals surface area contributed by atoms with Crippen molar-refractivity contribution >= 4 is 17.3 Å². The van der Waals surface area contributed by atoms with E-state index in [1.54, 1.807) is 4.90 Å². The molecule has 114 valence electrons. The lowest BCUT2D eigenvalue weighted by atomic mass is 9.98. The molecule has 1 aromatic carbocycles. The number of carbonyl (C=O) groups is 1. The second-order valence-corrected chi connectivity index (χ2v) is 5.19. The van der Waals surface area contributed by atoms with Gasteiger partial charge in [0.2, 0.25) is 0 Å². The van der Waals surface area contributed by atoms with Crippen molar-refractivity contribution in [2.24, 2.45) is 0 Å². The van der Waals surface area contributed by atoms with E-state index in [2.05, 4.69) is 0 Å². The molecule has 1 saturated heterocycles. The van der Waals surface area contributed by atoms with Gasteiger partial charge in [-0.25, -0.2) is 0 Å². The largest absolute Gasteiger partial charge is 0.396 e. The van der Waals surface area contributed by atoms with Gasteiger partial charge in [0.1, 0.15) is 5.69 Å². The Morgan fingerprint density at radius 3 is 2.86 bits per heavy atom. The van der Waals surface area contributed by atoms with E-state index in [1.807, 2.05) is 0 Å². The van der Waals surface area contributed by atoms with Crippen LogP contribution in [0, 0.1) is 10.1 Å². The van der Waals surface area contributed by atoms with E-state index in [9.17, 15) is 14.9 Å². The van der Waals surface area contributed by atoms with Crippen LogP contribution >= 0.6 is 0 Å². The summed E-state index contributed by atoms with van der Waals surface area (Å²) < 4.78 is 0. The quantitative estimate of drug-likeness (QED) is 0.497. The second kappa shape index (κ2) is 6.53. The van der Waals surface area contributed by atoms with Crippen LogP contribution in [0.5, 0.6) is 0 Å². The number of hydrogen-bond acceptors (Lipinski definition) is 5. The third kappa shape index (κ3) is 3.30. The monoisotopic (exact) mass is 293 g/mol. The van der Waals surface area contributed by atoms with Crippen LogP contribution in [0.1, 0.15) is 36.0 Å². The molecule has 0 aromatic heterocycles. The molecule has 1 aromatic rings. The molecule has 3 N–H and O–H groups in total. The maximum atomic E-state index is 12.5. The Kier molecular flexibility index (Phi) is 4.74. The molecule has 2 rings (SSSR count). The molecule has 0 aliphatic carbocycles. The molecule has 1 atom stereocenters. The highest BCUT2D eigenvalue weighted by atomic mass is 16.6. The zero-order valence-corrected chi connectivity index (χ0v) is 11.7. The number of benzene rings is 1. The van der Waals surface area contributed by atoms with Gasteiger partial charge in [0.25, 0.3) is 11.6 Å². The minimum Gasteiger partial charge on any atom is -0.396 e. The first-order valence-electron chi connectivity index (χ1n) is 7.00. The van der Waals surface area contributed by atoms with E-state index in [1.165, 1.54) is 18.2 Å². The number of aliphatic hydroxyl groups is 1. The lowest BCUT2D eigenvalue weighted by molar-refractivity contribution is -0.383. The van der Waals surface area contributed by atoms with Gasteiger partial charge in [0, 0.05) is 30.8 Å². The summed E-state index contributed by atoms with van der Waals surface area (Å²) in [6.45, 7) is 0.678. The van der Waals surface area contributed by atoms with Gasteiger partial charge in [-0.3, -0.25) is 14.9 Å². The first-order chi connectivity index (χ1) is 10.0. The van der Waals surface area contributed by atoms with Gasteiger partial charge in [0.05, 0.1) is 4.92 Å². The third-order valence-electron chi connectivity index (χ3n) is 3.82. The van der Waals surface area contributed by atoms with Crippen molar-refractivity contribution < 1.29 is 14.8 Å². The van der Waals surface area contributed by atoms with Crippen LogP contribution in [-0.2, 0) is 0 Å². The van der Waals surface area contributed by atoms with Gasteiger partial charge in [0.15, 0.2) is 0 Å². The predicted octanol–water partition coefficient (Wildman–Crippen LogP) is 1.55. The van der Waals surface area contributed by atoms with Crippen LogP contribution in [-0.4, -0.2) is 40.0 Å². The van der Waals surface area contributed by atoms with E-state index in [-0.39, 0.29) is 29.9 Å². The average Bonchev–Trinajstić information content (AvgIpc) is 2.47. The molecule has 0 radical (unpaired) electrons. The fourth-order valence-corrected chi connectivity index (χ4v) is 2.74. The van der Waals surface area contributed by atoms with Crippen LogP contribution in [0.2, 0.25) is 0 Å². The number of hydrogen-bond donors (Lipinski definition) is 2. The average molecular weight is 293 g/mol. The highest BCUT2D eigenvalue weighted by molar-refractivity contribution is 5.96. The molecule has 21 heavy (non-hydrogen) atoms. The number of nitro groups is 1. The van der Waals surface area contributed by atoms with Crippen LogP contribution < -0.4 is 5.73 Å². The van der Waals surface area contributed by atoms with Gasteiger partial charge in [-0.2, -0.15) is 0 Å². The molecule has 1 fully saturated rings. The Morgan fingerprint density at radius 1 is 1.48 bits per heavy atom. The summed E-state index contributed by atoms with van der Waals surface area (Å²) in [5.41, 5.74) is 5.77. The van der Waals surface area contributed by atoms with Crippen LogP contribution in [0.15, 0.2) is 18.2 Å². The summed E-state index contributed by atoms with van der Waals surface area (Å²) in [7, 11) is 0. The van der Waals surface area contributed by atoms with E-state index >= 15 is 0 Å². The topological polar surface area (TPSA) is 110 Å². The summed E-state index contributed by atoms with van der Waals surface area (Å²) in [4.78, 5) is 24.4. The standard InChI is InChI=1S/C14H19N3O4/c15-12-9-10(4-5-13(12)17(20)21)14(19)16-7-2-1-3-11(16)6-8-18/h4-5,9,11,18H,1-3,6-8,15H2. The number of carbonyl (C=O) groups excluding carboxylic acids is 1. The molecule has 1 amide bonds. The Morgan fingerprint density at radius 2 is 2.24 bits per heavy atom. The van der Waals surface area contributed by atoms with Crippen LogP contribution in [0.4, 0.5) is 11.4 Å². The van der Waals surface area contributed by atoms with Crippen molar-refractivity contribution in [2.45, 2.75) is 31.7 Å². The third-order valence-corrected chi connectivity index (χ3v) is 3.82. The number of nitrogen functional groups attached to an aromatic ring is 1. The summed E-state index contributed by atoms with van der Waals surface area (Å²) in [5, 5.41) is 19.8. The summed E-state index contributed by atoms with van der Waals surface area (Å²) in [5.74, 6) is -0.185. The molecule has 1 aliphatic heterocycles. The molecule has 1 heterocycles. The second-order valence-electron chi connectivity index (χ2n) is 5.19. The number of anilines is 1. The Hall–Kier alpha value is -2.15. The smallest absolute Gasteiger partial charge is 0.292 e. The van der Waals surface area contributed by atoms with Crippen LogP contribution in [0.25, 0.3) is 0 Å². The number of amides is 1. The van der Waals surface area contributed by atoms with Crippen LogP contribution in [0.3, 0.4) is 0 Å². The number of rotatable bonds is 4. The fraction of sp³-hybridized carbons (Fsp3) is 0.500. The zero-order valence-electron chi connectivity index (χ0n) is 11.7. The molecule has 7 nitrogen and oxygen atoms in total. The molecule has 1 aliphatic rings. The number of nitrogens with two attached hydrogens (primary N) is 1. The van der Waals surface area contributed by atoms with Gasteiger partial charge in [-0.15, -0.1) is 0 Å². The SMILES string of the molecule is Nc1cc(C(=O)N2CCCCC2CCO)ccc1[N+](=O)[O-].